The summed E-state index contributed by atoms with van der Waals surface area (Å²) in [5, 5.41) is 3.65. The molecule has 1 aliphatic heterocycles. The molecule has 0 amide bonds. The van der Waals surface area contributed by atoms with Crippen molar-refractivity contribution in [2.45, 2.75) is 52.2 Å². The van der Waals surface area contributed by atoms with Crippen molar-refractivity contribution in [1.82, 2.24) is 5.32 Å². The highest BCUT2D eigenvalue weighted by atomic mass is 16.5. The Labute approximate surface area is 122 Å². The summed E-state index contributed by atoms with van der Waals surface area (Å²) < 4.78 is 11.5. The molecule has 112 valence electrons. The molecule has 1 aliphatic rings. The molecule has 1 aromatic carbocycles. The van der Waals surface area contributed by atoms with Crippen LogP contribution in [0.2, 0.25) is 0 Å². The molecule has 2 rings (SSSR count). The highest BCUT2D eigenvalue weighted by molar-refractivity contribution is 5.44. The lowest BCUT2D eigenvalue weighted by molar-refractivity contribution is 0.127. The molecule has 1 N–H and O–H groups in total. The van der Waals surface area contributed by atoms with Crippen molar-refractivity contribution >= 4 is 0 Å². The maximum atomic E-state index is 6.18. The van der Waals surface area contributed by atoms with Gasteiger partial charge in [0.25, 0.3) is 0 Å². The van der Waals surface area contributed by atoms with Gasteiger partial charge in [0.2, 0.25) is 0 Å². The van der Waals surface area contributed by atoms with Crippen LogP contribution in [0.5, 0.6) is 11.5 Å². The minimum atomic E-state index is 0.295. The summed E-state index contributed by atoms with van der Waals surface area (Å²) in [6.07, 6.45) is 3.60. The Balaban J connectivity index is 2.20. The summed E-state index contributed by atoms with van der Waals surface area (Å²) in [4.78, 5) is 0. The molecule has 0 aliphatic carbocycles. The molecular weight excluding hydrogens is 250 g/mol. The van der Waals surface area contributed by atoms with Crippen LogP contribution in [0, 0.1) is 5.92 Å². The SMILES string of the molecule is CCCNC1CC(CC(C)C)Oc2cc(OC)ccc21. The van der Waals surface area contributed by atoms with Crippen molar-refractivity contribution in [2.75, 3.05) is 13.7 Å². The van der Waals surface area contributed by atoms with Crippen LogP contribution in [0.3, 0.4) is 0 Å². The van der Waals surface area contributed by atoms with E-state index >= 15 is 0 Å². The number of hydrogen-bond acceptors (Lipinski definition) is 3. The van der Waals surface area contributed by atoms with Crippen molar-refractivity contribution in [1.29, 1.82) is 0 Å². The normalized spacial score (nSPS) is 21.4. The Hall–Kier alpha value is -1.22. The van der Waals surface area contributed by atoms with Crippen molar-refractivity contribution in [3.8, 4) is 11.5 Å². The minimum Gasteiger partial charge on any atom is -0.497 e. The standard InChI is InChI=1S/C17H27NO2/c1-5-8-18-16-10-14(9-12(2)3)20-17-11-13(19-4)6-7-15(16)17/h6-7,11-12,14,16,18H,5,8-10H2,1-4H3. The Bertz CT molecular complexity index is 431. The van der Waals surface area contributed by atoms with E-state index in [1.807, 2.05) is 12.1 Å². The van der Waals surface area contributed by atoms with E-state index in [0.717, 1.165) is 37.3 Å². The molecule has 0 radical (unpaired) electrons. The third-order valence-corrected chi connectivity index (χ3v) is 3.76. The van der Waals surface area contributed by atoms with Crippen LogP contribution >= 0.6 is 0 Å². The van der Waals surface area contributed by atoms with Crippen LogP contribution in [0.4, 0.5) is 0 Å². The van der Waals surface area contributed by atoms with Crippen molar-refractivity contribution in [3.05, 3.63) is 23.8 Å². The van der Waals surface area contributed by atoms with E-state index in [1.54, 1.807) is 7.11 Å². The summed E-state index contributed by atoms with van der Waals surface area (Å²) in [5.74, 6) is 2.50. The second kappa shape index (κ2) is 6.98. The summed E-state index contributed by atoms with van der Waals surface area (Å²) in [5.41, 5.74) is 1.26. The predicted octanol–water partition coefficient (Wildman–Crippen LogP) is 3.93. The van der Waals surface area contributed by atoms with Gasteiger partial charge in [-0.1, -0.05) is 26.8 Å². The largest absolute Gasteiger partial charge is 0.497 e. The number of ether oxygens (including phenoxy) is 2. The second-order valence-electron chi connectivity index (χ2n) is 6.02. The number of benzene rings is 1. The molecule has 0 saturated heterocycles. The maximum Gasteiger partial charge on any atom is 0.128 e. The first-order valence-electron chi connectivity index (χ1n) is 7.72. The van der Waals surface area contributed by atoms with Crippen LogP contribution in [-0.4, -0.2) is 19.8 Å². The highest BCUT2D eigenvalue weighted by Crippen LogP contribution is 2.38. The number of hydrogen-bond donors (Lipinski definition) is 1. The van der Waals surface area contributed by atoms with Crippen LogP contribution in [0.15, 0.2) is 18.2 Å². The molecule has 3 nitrogen and oxygen atoms in total. The van der Waals surface area contributed by atoms with Crippen LogP contribution in [0.25, 0.3) is 0 Å². The summed E-state index contributed by atoms with van der Waals surface area (Å²) in [6.45, 7) is 7.75. The molecule has 0 fully saturated rings. The minimum absolute atomic E-state index is 0.295. The van der Waals surface area contributed by atoms with Crippen LogP contribution < -0.4 is 14.8 Å². The fraction of sp³-hybridized carbons (Fsp3) is 0.647. The molecule has 3 heteroatoms. The summed E-state index contributed by atoms with van der Waals surface area (Å²) in [6, 6.07) is 6.56. The average molecular weight is 277 g/mol. The van der Waals surface area contributed by atoms with Crippen LogP contribution in [0.1, 0.15) is 51.6 Å². The fourth-order valence-corrected chi connectivity index (χ4v) is 2.83. The molecular formula is C17H27NO2. The van der Waals surface area contributed by atoms with Gasteiger partial charge >= 0.3 is 0 Å². The Kier molecular flexibility index (Phi) is 5.30. The van der Waals surface area contributed by atoms with Gasteiger partial charge in [0.1, 0.15) is 17.6 Å². The predicted molar refractivity (Wildman–Crippen MR) is 82.5 cm³/mol. The first-order chi connectivity index (χ1) is 9.63. The van der Waals surface area contributed by atoms with E-state index in [4.69, 9.17) is 9.47 Å². The third kappa shape index (κ3) is 3.66. The monoisotopic (exact) mass is 277 g/mol. The molecule has 1 heterocycles. The van der Waals surface area contributed by atoms with Gasteiger partial charge in [-0.15, -0.1) is 0 Å². The van der Waals surface area contributed by atoms with E-state index in [-0.39, 0.29) is 0 Å². The molecule has 0 bridgehead atoms. The highest BCUT2D eigenvalue weighted by Gasteiger charge is 2.28. The van der Waals surface area contributed by atoms with E-state index in [0.29, 0.717) is 18.1 Å². The van der Waals surface area contributed by atoms with Gasteiger partial charge in [-0.25, -0.2) is 0 Å². The first kappa shape index (κ1) is 15.2. The quantitative estimate of drug-likeness (QED) is 0.854. The van der Waals surface area contributed by atoms with Gasteiger partial charge in [-0.05, 0) is 31.4 Å². The van der Waals surface area contributed by atoms with Gasteiger partial charge in [0.05, 0.1) is 7.11 Å². The fourth-order valence-electron chi connectivity index (χ4n) is 2.83. The molecule has 1 aromatic rings. The lowest BCUT2D eigenvalue weighted by atomic mass is 9.92. The maximum absolute atomic E-state index is 6.18. The molecule has 2 unspecified atom stereocenters. The Morgan fingerprint density at radius 2 is 2.20 bits per heavy atom. The average Bonchev–Trinajstić information content (AvgIpc) is 2.43. The van der Waals surface area contributed by atoms with E-state index in [2.05, 4.69) is 32.2 Å². The summed E-state index contributed by atoms with van der Waals surface area (Å²) in [7, 11) is 1.70. The van der Waals surface area contributed by atoms with Gasteiger partial charge < -0.3 is 14.8 Å². The third-order valence-electron chi connectivity index (χ3n) is 3.76. The Morgan fingerprint density at radius 3 is 2.85 bits per heavy atom. The lowest BCUT2D eigenvalue weighted by Crippen LogP contribution is -2.34. The van der Waals surface area contributed by atoms with E-state index in [9.17, 15) is 0 Å². The van der Waals surface area contributed by atoms with Crippen molar-refractivity contribution < 1.29 is 9.47 Å². The number of fused-ring (bicyclic) bond motifs is 1. The molecule has 0 aromatic heterocycles. The van der Waals surface area contributed by atoms with E-state index < -0.39 is 0 Å². The zero-order chi connectivity index (χ0) is 14.5. The van der Waals surface area contributed by atoms with Gasteiger partial charge in [-0.3, -0.25) is 0 Å². The smallest absolute Gasteiger partial charge is 0.128 e. The zero-order valence-corrected chi connectivity index (χ0v) is 13.1. The number of nitrogens with one attached hydrogen (secondary N) is 1. The van der Waals surface area contributed by atoms with Gasteiger partial charge in [0.15, 0.2) is 0 Å². The number of methoxy groups -OCH3 is 1. The van der Waals surface area contributed by atoms with Crippen LogP contribution in [-0.2, 0) is 0 Å². The molecule has 0 spiro atoms. The van der Waals surface area contributed by atoms with Gasteiger partial charge in [0, 0.05) is 24.1 Å². The first-order valence-corrected chi connectivity index (χ1v) is 7.72. The molecule has 0 saturated carbocycles. The molecule has 20 heavy (non-hydrogen) atoms. The number of rotatable bonds is 6. The Morgan fingerprint density at radius 1 is 1.40 bits per heavy atom. The summed E-state index contributed by atoms with van der Waals surface area (Å²) >= 11 is 0. The molecule has 2 atom stereocenters. The topological polar surface area (TPSA) is 30.5 Å². The zero-order valence-electron chi connectivity index (χ0n) is 13.1. The lowest BCUT2D eigenvalue weighted by Gasteiger charge is -2.34. The van der Waals surface area contributed by atoms with Crippen molar-refractivity contribution in [3.63, 3.8) is 0 Å². The second-order valence-corrected chi connectivity index (χ2v) is 6.02. The van der Waals surface area contributed by atoms with E-state index in [1.165, 1.54) is 5.56 Å². The van der Waals surface area contributed by atoms with Gasteiger partial charge in [-0.2, -0.15) is 0 Å². The van der Waals surface area contributed by atoms with Crippen molar-refractivity contribution in [2.24, 2.45) is 5.92 Å².